The van der Waals surface area contributed by atoms with Gasteiger partial charge in [-0.2, -0.15) is 13.2 Å². The molecule has 0 aliphatic heterocycles. The minimum Gasteiger partial charge on any atom is -0.382 e. The first kappa shape index (κ1) is 26.0. The first-order valence-electron chi connectivity index (χ1n) is 11.3. The van der Waals surface area contributed by atoms with E-state index in [1.165, 1.54) is 31.2 Å². The molecule has 6 nitrogen and oxygen atoms in total. The van der Waals surface area contributed by atoms with Gasteiger partial charge in [-0.3, -0.25) is 9.59 Å². The molecule has 1 saturated carbocycles. The highest BCUT2D eigenvalue weighted by atomic mass is 35.5. The Balaban J connectivity index is 1.52. The van der Waals surface area contributed by atoms with Gasteiger partial charge >= 0.3 is 6.18 Å². The van der Waals surface area contributed by atoms with E-state index in [1.807, 2.05) is 0 Å². The van der Waals surface area contributed by atoms with Crippen LogP contribution in [0.3, 0.4) is 0 Å². The molecule has 4 rings (SSSR count). The van der Waals surface area contributed by atoms with Crippen LogP contribution in [-0.2, 0) is 11.0 Å². The van der Waals surface area contributed by atoms with Crippen LogP contribution in [0.4, 0.5) is 24.5 Å². The predicted molar refractivity (Wildman–Crippen MR) is 135 cm³/mol. The summed E-state index contributed by atoms with van der Waals surface area (Å²) in [5.74, 6) is -0.665. The van der Waals surface area contributed by atoms with Gasteiger partial charge in [0.05, 0.1) is 16.1 Å². The van der Waals surface area contributed by atoms with Crippen LogP contribution in [0.5, 0.6) is 0 Å². The number of amides is 2. The maximum atomic E-state index is 13.5. The molecule has 36 heavy (non-hydrogen) atoms. The van der Waals surface area contributed by atoms with Crippen molar-refractivity contribution in [3.8, 4) is 0 Å². The Kier molecular flexibility index (Phi) is 7.61. The zero-order chi connectivity index (χ0) is 26.0. The van der Waals surface area contributed by atoms with Gasteiger partial charge in [0.15, 0.2) is 0 Å². The molecule has 0 spiro atoms. The number of hydrogen-bond acceptors (Lipinski definition) is 4. The summed E-state index contributed by atoms with van der Waals surface area (Å²) in [5.41, 5.74) is 0.157. The van der Waals surface area contributed by atoms with Crippen LogP contribution >= 0.6 is 23.2 Å². The van der Waals surface area contributed by atoms with Crippen molar-refractivity contribution in [3.63, 3.8) is 0 Å². The van der Waals surface area contributed by atoms with Crippen molar-refractivity contribution < 1.29 is 22.8 Å². The molecule has 3 aromatic rings. The third-order valence-electron chi connectivity index (χ3n) is 5.96. The monoisotopic (exact) mass is 538 g/mol. The van der Waals surface area contributed by atoms with E-state index in [0.29, 0.717) is 28.9 Å². The average molecular weight is 539 g/mol. The summed E-state index contributed by atoms with van der Waals surface area (Å²) >= 11 is 12.3. The Morgan fingerprint density at radius 1 is 1.03 bits per heavy atom. The maximum absolute atomic E-state index is 13.5. The third kappa shape index (κ3) is 6.20. The summed E-state index contributed by atoms with van der Waals surface area (Å²) < 4.78 is 40.4. The minimum absolute atomic E-state index is 0.184. The van der Waals surface area contributed by atoms with Gasteiger partial charge in [-0.1, -0.05) is 23.2 Å². The molecule has 1 fully saturated rings. The molecule has 1 aliphatic carbocycles. The highest BCUT2D eigenvalue weighted by molar-refractivity contribution is 6.34. The molecule has 2 aromatic carbocycles. The number of pyridine rings is 1. The van der Waals surface area contributed by atoms with Gasteiger partial charge < -0.3 is 16.0 Å². The lowest BCUT2D eigenvalue weighted by atomic mass is 9.90. The zero-order valence-electron chi connectivity index (χ0n) is 19.2. The van der Waals surface area contributed by atoms with Crippen LogP contribution in [0.2, 0.25) is 10.0 Å². The normalized spacial score (nSPS) is 18.1. The fourth-order valence-electron chi connectivity index (χ4n) is 4.38. The summed E-state index contributed by atoms with van der Waals surface area (Å²) in [7, 11) is 0. The molecule has 0 bridgehead atoms. The van der Waals surface area contributed by atoms with Crippen LogP contribution in [-0.4, -0.2) is 28.9 Å². The van der Waals surface area contributed by atoms with Crippen molar-refractivity contribution >= 4 is 57.3 Å². The van der Waals surface area contributed by atoms with Crippen molar-refractivity contribution in [2.75, 3.05) is 10.6 Å². The molecule has 0 saturated heterocycles. The maximum Gasteiger partial charge on any atom is 0.433 e. The molecule has 1 aliphatic rings. The Morgan fingerprint density at radius 3 is 2.50 bits per heavy atom. The Morgan fingerprint density at radius 2 is 1.78 bits per heavy atom. The average Bonchev–Trinajstić information content (AvgIpc) is 2.79. The highest BCUT2D eigenvalue weighted by Gasteiger charge is 2.34. The summed E-state index contributed by atoms with van der Waals surface area (Å²) in [6.07, 6.45) is -1.91. The Hall–Kier alpha value is -3.04. The van der Waals surface area contributed by atoms with Crippen molar-refractivity contribution in [2.45, 2.75) is 50.9 Å². The number of benzene rings is 2. The second-order valence-corrected chi connectivity index (χ2v) is 9.61. The predicted octanol–water partition coefficient (Wildman–Crippen LogP) is 6.67. The van der Waals surface area contributed by atoms with Crippen LogP contribution in [0.15, 0.2) is 42.5 Å². The number of nitrogens with zero attached hydrogens (tertiary/aromatic N) is 1. The molecule has 1 heterocycles. The molecule has 3 N–H and O–H groups in total. The standard InChI is InChI=1S/C25H23Cl2F3N4O2/c1-13(35)31-17-6-7-20(27)18(11-17)24(36)33-16-4-2-3-15(10-16)32-22-12-23(25(28,29)30)34-21-8-5-14(26)9-19(21)22/h5-9,11-12,15-16H,2-4,10H2,1H3,(H,31,35)(H,32,34)(H,33,36)/t15-,16+/m0/s1. The fourth-order valence-corrected chi connectivity index (χ4v) is 4.75. The SMILES string of the molecule is CC(=O)Nc1ccc(Cl)c(C(=O)N[C@@H]2CCC[C@H](Nc3cc(C(F)(F)F)nc4ccc(Cl)cc34)C2)c1. The molecule has 2 amide bonds. The number of fused-ring (bicyclic) bond motifs is 1. The lowest BCUT2D eigenvalue weighted by Gasteiger charge is -2.31. The number of anilines is 2. The van der Waals surface area contributed by atoms with Crippen LogP contribution < -0.4 is 16.0 Å². The van der Waals surface area contributed by atoms with E-state index in [1.54, 1.807) is 12.1 Å². The molecule has 1 aromatic heterocycles. The Labute approximate surface area is 215 Å². The summed E-state index contributed by atoms with van der Waals surface area (Å²) in [6, 6.07) is 9.77. The van der Waals surface area contributed by atoms with E-state index >= 15 is 0 Å². The summed E-state index contributed by atoms with van der Waals surface area (Å²) in [5, 5.41) is 9.93. The van der Waals surface area contributed by atoms with E-state index in [-0.39, 0.29) is 39.8 Å². The largest absolute Gasteiger partial charge is 0.433 e. The molecular formula is C25H23Cl2F3N4O2. The van der Waals surface area contributed by atoms with Gasteiger partial charge in [0, 0.05) is 40.8 Å². The van der Waals surface area contributed by atoms with Crippen LogP contribution in [0, 0.1) is 0 Å². The quantitative estimate of drug-likeness (QED) is 0.338. The van der Waals surface area contributed by atoms with Gasteiger partial charge in [-0.15, -0.1) is 0 Å². The van der Waals surface area contributed by atoms with Crippen LogP contribution in [0.1, 0.15) is 48.7 Å². The lowest BCUT2D eigenvalue weighted by molar-refractivity contribution is -0.140. The van der Waals surface area contributed by atoms with Gasteiger partial charge in [-0.25, -0.2) is 4.98 Å². The van der Waals surface area contributed by atoms with E-state index in [4.69, 9.17) is 23.2 Å². The second kappa shape index (κ2) is 10.5. The van der Waals surface area contributed by atoms with Crippen molar-refractivity contribution in [1.82, 2.24) is 10.3 Å². The smallest absolute Gasteiger partial charge is 0.382 e. The number of halogens is 5. The van der Waals surface area contributed by atoms with Gasteiger partial charge in [0.1, 0.15) is 5.69 Å². The summed E-state index contributed by atoms with van der Waals surface area (Å²) in [4.78, 5) is 28.0. The topological polar surface area (TPSA) is 83.1 Å². The number of carbonyl (C=O) groups excluding carboxylic acids is 2. The minimum atomic E-state index is -4.60. The van der Waals surface area contributed by atoms with Crippen LogP contribution in [0.25, 0.3) is 10.9 Å². The van der Waals surface area contributed by atoms with E-state index < -0.39 is 17.8 Å². The first-order valence-corrected chi connectivity index (χ1v) is 12.1. The first-order chi connectivity index (χ1) is 17.0. The molecule has 0 radical (unpaired) electrons. The number of nitrogens with one attached hydrogen (secondary N) is 3. The van der Waals surface area contributed by atoms with Crippen molar-refractivity contribution in [3.05, 3.63) is 63.8 Å². The molecule has 11 heteroatoms. The highest BCUT2D eigenvalue weighted by Crippen LogP contribution is 2.35. The molecule has 0 unspecified atom stereocenters. The lowest BCUT2D eigenvalue weighted by Crippen LogP contribution is -2.42. The van der Waals surface area contributed by atoms with Crippen molar-refractivity contribution in [1.29, 1.82) is 0 Å². The number of rotatable bonds is 5. The number of aromatic nitrogens is 1. The Bertz CT molecular complexity index is 1320. The molecule has 2 atom stereocenters. The third-order valence-corrected chi connectivity index (χ3v) is 6.53. The zero-order valence-corrected chi connectivity index (χ0v) is 20.7. The number of alkyl halides is 3. The number of hydrogen-bond donors (Lipinski definition) is 3. The fraction of sp³-hybridized carbons (Fsp3) is 0.320. The van der Waals surface area contributed by atoms with Gasteiger partial charge in [-0.05, 0) is 68.1 Å². The second-order valence-electron chi connectivity index (χ2n) is 8.77. The molecular weight excluding hydrogens is 516 g/mol. The van der Waals surface area contributed by atoms with Crippen molar-refractivity contribution in [2.24, 2.45) is 0 Å². The van der Waals surface area contributed by atoms with E-state index in [2.05, 4.69) is 20.9 Å². The van der Waals surface area contributed by atoms with E-state index in [9.17, 15) is 22.8 Å². The van der Waals surface area contributed by atoms with Gasteiger partial charge in [0.25, 0.3) is 5.91 Å². The number of carbonyl (C=O) groups is 2. The van der Waals surface area contributed by atoms with E-state index in [0.717, 1.165) is 18.9 Å². The summed E-state index contributed by atoms with van der Waals surface area (Å²) in [6.45, 7) is 1.36. The van der Waals surface area contributed by atoms with Gasteiger partial charge in [0.2, 0.25) is 5.91 Å². The molecule has 190 valence electrons.